The van der Waals surface area contributed by atoms with Crippen LogP contribution < -0.4 is 5.32 Å². The molecule has 1 rings (SSSR count). The molecule has 1 aromatic heterocycles. The first-order chi connectivity index (χ1) is 7.09. The number of hydrogen-bond acceptors (Lipinski definition) is 4. The molecule has 1 amide bonds. The molecule has 1 aromatic rings. The fraction of sp³-hybridized carbons (Fsp3) is 0.500. The highest BCUT2D eigenvalue weighted by Crippen LogP contribution is 2.02. The van der Waals surface area contributed by atoms with Crippen molar-refractivity contribution in [1.29, 1.82) is 0 Å². The highest BCUT2D eigenvalue weighted by molar-refractivity contribution is 5.76. The SMILES string of the molecule is Cc1cc(NCCC(=O)N(C)C)ncn1. The molecule has 1 heterocycles. The molecule has 0 aliphatic carbocycles. The summed E-state index contributed by atoms with van der Waals surface area (Å²) in [5.74, 6) is 0.863. The Bertz CT molecular complexity index is 338. The lowest BCUT2D eigenvalue weighted by molar-refractivity contribution is -0.128. The summed E-state index contributed by atoms with van der Waals surface area (Å²) in [6.07, 6.45) is 1.97. The molecule has 0 aromatic carbocycles. The quantitative estimate of drug-likeness (QED) is 0.790. The van der Waals surface area contributed by atoms with E-state index in [1.807, 2.05) is 13.0 Å². The number of aryl methyl sites for hydroxylation is 1. The highest BCUT2D eigenvalue weighted by atomic mass is 16.2. The topological polar surface area (TPSA) is 58.1 Å². The monoisotopic (exact) mass is 208 g/mol. The first-order valence-corrected chi connectivity index (χ1v) is 4.82. The van der Waals surface area contributed by atoms with E-state index in [0.29, 0.717) is 13.0 Å². The second-order valence-corrected chi connectivity index (χ2v) is 3.51. The predicted molar refractivity (Wildman–Crippen MR) is 58.6 cm³/mol. The smallest absolute Gasteiger partial charge is 0.223 e. The maximum atomic E-state index is 11.3. The summed E-state index contributed by atoms with van der Waals surface area (Å²) in [5.41, 5.74) is 0.909. The van der Waals surface area contributed by atoms with E-state index in [0.717, 1.165) is 11.5 Å². The van der Waals surface area contributed by atoms with Crippen LogP contribution in [0.2, 0.25) is 0 Å². The number of carbonyl (C=O) groups is 1. The van der Waals surface area contributed by atoms with Crippen molar-refractivity contribution < 1.29 is 4.79 Å². The third-order valence-corrected chi connectivity index (χ3v) is 1.95. The summed E-state index contributed by atoms with van der Waals surface area (Å²) in [4.78, 5) is 20.8. The van der Waals surface area contributed by atoms with Crippen LogP contribution in [0.5, 0.6) is 0 Å². The van der Waals surface area contributed by atoms with Gasteiger partial charge in [0, 0.05) is 38.8 Å². The van der Waals surface area contributed by atoms with Gasteiger partial charge >= 0.3 is 0 Å². The molecule has 1 N–H and O–H groups in total. The fourth-order valence-electron chi connectivity index (χ4n) is 1.07. The van der Waals surface area contributed by atoms with Crippen molar-refractivity contribution in [3.05, 3.63) is 18.1 Å². The van der Waals surface area contributed by atoms with Crippen LogP contribution in [0.25, 0.3) is 0 Å². The average Bonchev–Trinajstić information content (AvgIpc) is 2.17. The van der Waals surface area contributed by atoms with Gasteiger partial charge in [0.25, 0.3) is 0 Å². The molecule has 0 atom stereocenters. The normalized spacial score (nSPS) is 9.80. The van der Waals surface area contributed by atoms with Crippen molar-refractivity contribution in [2.24, 2.45) is 0 Å². The summed E-state index contributed by atoms with van der Waals surface area (Å²) in [6.45, 7) is 2.49. The molecule has 0 unspecified atom stereocenters. The van der Waals surface area contributed by atoms with Gasteiger partial charge in [-0.3, -0.25) is 4.79 Å². The number of aromatic nitrogens is 2. The van der Waals surface area contributed by atoms with Crippen LogP contribution in [0, 0.1) is 6.92 Å². The average molecular weight is 208 g/mol. The van der Waals surface area contributed by atoms with Crippen LogP contribution in [0.1, 0.15) is 12.1 Å². The first kappa shape index (κ1) is 11.4. The van der Waals surface area contributed by atoms with Gasteiger partial charge in [0.05, 0.1) is 0 Å². The Morgan fingerprint density at radius 1 is 1.47 bits per heavy atom. The summed E-state index contributed by atoms with van der Waals surface area (Å²) in [6, 6.07) is 1.85. The van der Waals surface area contributed by atoms with Crippen molar-refractivity contribution in [3.8, 4) is 0 Å². The van der Waals surface area contributed by atoms with Crippen LogP contribution in [0.4, 0.5) is 5.82 Å². The van der Waals surface area contributed by atoms with Gasteiger partial charge in [-0.15, -0.1) is 0 Å². The Labute approximate surface area is 89.5 Å². The molecule has 15 heavy (non-hydrogen) atoms. The predicted octanol–water partition coefficient (Wildman–Crippen LogP) is 0.675. The molecular weight excluding hydrogens is 192 g/mol. The minimum absolute atomic E-state index is 0.105. The van der Waals surface area contributed by atoms with Gasteiger partial charge in [0.15, 0.2) is 0 Å². The van der Waals surface area contributed by atoms with Gasteiger partial charge in [0.2, 0.25) is 5.91 Å². The Hall–Kier alpha value is -1.65. The molecule has 0 saturated heterocycles. The summed E-state index contributed by atoms with van der Waals surface area (Å²) in [5, 5.41) is 3.07. The number of anilines is 1. The number of carbonyl (C=O) groups excluding carboxylic acids is 1. The number of hydrogen-bond donors (Lipinski definition) is 1. The first-order valence-electron chi connectivity index (χ1n) is 4.82. The Morgan fingerprint density at radius 2 is 2.20 bits per heavy atom. The third kappa shape index (κ3) is 3.93. The maximum absolute atomic E-state index is 11.3. The lowest BCUT2D eigenvalue weighted by Gasteiger charge is -2.10. The largest absolute Gasteiger partial charge is 0.369 e. The molecule has 0 fully saturated rings. The molecule has 0 saturated carbocycles. The van der Waals surface area contributed by atoms with Gasteiger partial charge in [-0.25, -0.2) is 9.97 Å². The van der Waals surface area contributed by atoms with Gasteiger partial charge < -0.3 is 10.2 Å². The summed E-state index contributed by atoms with van der Waals surface area (Å²) >= 11 is 0. The van der Waals surface area contributed by atoms with Gasteiger partial charge in [-0.05, 0) is 6.92 Å². The maximum Gasteiger partial charge on any atom is 0.223 e. The molecule has 0 spiro atoms. The van der Waals surface area contributed by atoms with E-state index in [9.17, 15) is 4.79 Å². The number of rotatable bonds is 4. The van der Waals surface area contributed by atoms with E-state index in [2.05, 4.69) is 15.3 Å². The molecular formula is C10H16N4O. The minimum Gasteiger partial charge on any atom is -0.369 e. The number of nitrogens with one attached hydrogen (secondary N) is 1. The number of amides is 1. The zero-order chi connectivity index (χ0) is 11.3. The van der Waals surface area contributed by atoms with E-state index in [-0.39, 0.29) is 5.91 Å². The lowest BCUT2D eigenvalue weighted by Crippen LogP contribution is -2.24. The molecule has 82 valence electrons. The van der Waals surface area contributed by atoms with E-state index >= 15 is 0 Å². The minimum atomic E-state index is 0.105. The van der Waals surface area contributed by atoms with E-state index in [4.69, 9.17) is 0 Å². The fourth-order valence-corrected chi connectivity index (χ4v) is 1.07. The van der Waals surface area contributed by atoms with Crippen molar-refractivity contribution >= 4 is 11.7 Å². The van der Waals surface area contributed by atoms with E-state index in [1.165, 1.54) is 6.33 Å². The second-order valence-electron chi connectivity index (χ2n) is 3.51. The number of nitrogens with zero attached hydrogens (tertiary/aromatic N) is 3. The second kappa shape index (κ2) is 5.29. The lowest BCUT2D eigenvalue weighted by atomic mass is 10.3. The zero-order valence-electron chi connectivity index (χ0n) is 9.32. The third-order valence-electron chi connectivity index (χ3n) is 1.95. The summed E-state index contributed by atoms with van der Waals surface area (Å²) in [7, 11) is 3.49. The van der Waals surface area contributed by atoms with Gasteiger partial charge in [0.1, 0.15) is 12.1 Å². The van der Waals surface area contributed by atoms with Crippen molar-refractivity contribution in [2.45, 2.75) is 13.3 Å². The highest BCUT2D eigenvalue weighted by Gasteiger charge is 2.03. The Kier molecular flexibility index (Phi) is 4.03. The van der Waals surface area contributed by atoms with Gasteiger partial charge in [-0.2, -0.15) is 0 Å². The molecule has 0 aliphatic heterocycles. The molecule has 0 bridgehead atoms. The standard InChI is InChI=1S/C10H16N4O/c1-8-6-9(13-7-12-8)11-5-4-10(15)14(2)3/h6-7H,4-5H2,1-3H3,(H,11,12,13). The van der Waals surface area contributed by atoms with E-state index < -0.39 is 0 Å². The molecule has 0 radical (unpaired) electrons. The zero-order valence-corrected chi connectivity index (χ0v) is 9.32. The van der Waals surface area contributed by atoms with Gasteiger partial charge in [-0.1, -0.05) is 0 Å². The molecule has 5 nitrogen and oxygen atoms in total. The van der Waals surface area contributed by atoms with Crippen molar-refractivity contribution in [2.75, 3.05) is 26.0 Å². The van der Waals surface area contributed by atoms with Crippen LogP contribution >= 0.6 is 0 Å². The summed E-state index contributed by atoms with van der Waals surface area (Å²) < 4.78 is 0. The van der Waals surface area contributed by atoms with Crippen molar-refractivity contribution in [3.63, 3.8) is 0 Å². The van der Waals surface area contributed by atoms with Crippen molar-refractivity contribution in [1.82, 2.24) is 14.9 Å². The molecule has 0 aliphatic rings. The van der Waals surface area contributed by atoms with E-state index in [1.54, 1.807) is 19.0 Å². The van der Waals surface area contributed by atoms with Crippen LogP contribution in [-0.4, -0.2) is 41.4 Å². The Balaban J connectivity index is 2.35. The van der Waals surface area contributed by atoms with Crippen LogP contribution in [-0.2, 0) is 4.79 Å². The Morgan fingerprint density at radius 3 is 2.80 bits per heavy atom. The molecule has 5 heteroatoms. The van der Waals surface area contributed by atoms with Crippen LogP contribution in [0.3, 0.4) is 0 Å². The van der Waals surface area contributed by atoms with Crippen LogP contribution in [0.15, 0.2) is 12.4 Å².